The number of nitrogens with zero attached hydrogens (tertiary/aromatic N) is 2. The fraction of sp³-hybridized carbons (Fsp3) is 0.364. The van der Waals surface area contributed by atoms with Gasteiger partial charge in [-0.1, -0.05) is 0 Å². The Hall–Kier alpha value is -2.22. The minimum atomic E-state index is -0.765. The predicted molar refractivity (Wildman–Crippen MR) is 62.9 cm³/mol. The first-order valence-electron chi connectivity index (χ1n) is 5.75. The lowest BCUT2D eigenvalue weighted by Crippen LogP contribution is -2.52. The fourth-order valence-corrected chi connectivity index (χ4v) is 1.75. The minimum absolute atomic E-state index is 0.169. The quantitative estimate of drug-likeness (QED) is 0.689. The van der Waals surface area contributed by atoms with Crippen molar-refractivity contribution in [1.82, 2.24) is 15.4 Å². The molecule has 19 heavy (non-hydrogen) atoms. The van der Waals surface area contributed by atoms with E-state index in [1.165, 1.54) is 6.07 Å². The van der Waals surface area contributed by atoms with Crippen LogP contribution in [0.15, 0.2) is 18.3 Å². The Morgan fingerprint density at radius 1 is 1.53 bits per heavy atom. The standard InChI is InChI=1S/C11H13FN4O3/c12-7-3-4-9(13-6-7)15-11(18)14-8-2-1-5-16(19)10(8)17/h3-4,6,8,19H,1-2,5H2,(H2,13,14,15,18). The molecule has 1 unspecified atom stereocenters. The fourth-order valence-electron chi connectivity index (χ4n) is 1.75. The van der Waals surface area contributed by atoms with Gasteiger partial charge in [0.2, 0.25) is 0 Å². The Bertz CT molecular complexity index is 479. The molecule has 0 aromatic carbocycles. The molecule has 8 heteroatoms. The topological polar surface area (TPSA) is 94.6 Å². The Morgan fingerprint density at radius 2 is 2.32 bits per heavy atom. The largest absolute Gasteiger partial charge is 0.326 e. The summed E-state index contributed by atoms with van der Waals surface area (Å²) in [6.45, 7) is 0.262. The summed E-state index contributed by atoms with van der Waals surface area (Å²) in [6, 6.07) is 1.06. The molecule has 102 valence electrons. The van der Waals surface area contributed by atoms with E-state index in [9.17, 15) is 19.2 Å². The maximum Gasteiger partial charge on any atom is 0.321 e. The van der Waals surface area contributed by atoms with Crippen molar-refractivity contribution in [1.29, 1.82) is 0 Å². The van der Waals surface area contributed by atoms with E-state index in [1.54, 1.807) is 0 Å². The Labute approximate surface area is 108 Å². The van der Waals surface area contributed by atoms with Gasteiger partial charge < -0.3 is 5.32 Å². The molecule has 1 aromatic heterocycles. The number of pyridine rings is 1. The van der Waals surface area contributed by atoms with Crippen molar-refractivity contribution in [2.75, 3.05) is 11.9 Å². The number of urea groups is 1. The van der Waals surface area contributed by atoms with Crippen molar-refractivity contribution in [3.05, 3.63) is 24.1 Å². The molecule has 1 aliphatic heterocycles. The van der Waals surface area contributed by atoms with Crippen LogP contribution in [0.25, 0.3) is 0 Å². The molecule has 0 spiro atoms. The number of piperidine rings is 1. The van der Waals surface area contributed by atoms with Gasteiger partial charge in [0.25, 0.3) is 5.91 Å². The van der Waals surface area contributed by atoms with Crippen LogP contribution in [0, 0.1) is 5.82 Å². The third kappa shape index (κ3) is 3.38. The maximum atomic E-state index is 12.6. The molecule has 2 heterocycles. The summed E-state index contributed by atoms with van der Waals surface area (Å²) >= 11 is 0. The van der Waals surface area contributed by atoms with Crippen molar-refractivity contribution in [3.8, 4) is 0 Å². The molecule has 0 bridgehead atoms. The molecule has 1 saturated heterocycles. The van der Waals surface area contributed by atoms with E-state index >= 15 is 0 Å². The Kier molecular flexibility index (Phi) is 3.91. The van der Waals surface area contributed by atoms with E-state index in [0.29, 0.717) is 17.9 Å². The third-order valence-corrected chi connectivity index (χ3v) is 2.69. The summed E-state index contributed by atoms with van der Waals surface area (Å²) in [7, 11) is 0. The van der Waals surface area contributed by atoms with Crippen molar-refractivity contribution >= 4 is 17.8 Å². The van der Waals surface area contributed by atoms with Gasteiger partial charge in [-0.05, 0) is 25.0 Å². The van der Waals surface area contributed by atoms with Gasteiger partial charge in [0.15, 0.2) is 0 Å². The molecule has 0 radical (unpaired) electrons. The molecule has 0 saturated carbocycles. The second-order valence-electron chi connectivity index (χ2n) is 4.12. The van der Waals surface area contributed by atoms with E-state index < -0.39 is 23.8 Å². The predicted octanol–water partition coefficient (Wildman–Crippen LogP) is 0.722. The number of carbonyl (C=O) groups is 2. The van der Waals surface area contributed by atoms with Crippen LogP contribution in [0.4, 0.5) is 15.0 Å². The van der Waals surface area contributed by atoms with Gasteiger partial charge in [0.1, 0.15) is 17.7 Å². The minimum Gasteiger partial charge on any atom is -0.326 e. The van der Waals surface area contributed by atoms with Crippen molar-refractivity contribution in [2.24, 2.45) is 0 Å². The number of carbonyl (C=O) groups excluding carboxylic acids is 2. The molecule has 1 fully saturated rings. The first-order chi connectivity index (χ1) is 9.06. The zero-order chi connectivity index (χ0) is 13.8. The van der Waals surface area contributed by atoms with Crippen molar-refractivity contribution < 1.29 is 19.2 Å². The molecular formula is C11H13FN4O3. The summed E-state index contributed by atoms with van der Waals surface area (Å²) in [6.07, 6.45) is 2.03. The van der Waals surface area contributed by atoms with E-state index in [-0.39, 0.29) is 12.4 Å². The van der Waals surface area contributed by atoms with Gasteiger partial charge in [-0.2, -0.15) is 0 Å². The second kappa shape index (κ2) is 5.61. The van der Waals surface area contributed by atoms with Crippen LogP contribution in [-0.4, -0.2) is 39.8 Å². The highest BCUT2D eigenvalue weighted by atomic mass is 19.1. The van der Waals surface area contributed by atoms with E-state index in [1.807, 2.05) is 0 Å². The van der Waals surface area contributed by atoms with Crippen LogP contribution < -0.4 is 10.6 Å². The lowest BCUT2D eigenvalue weighted by Gasteiger charge is -2.27. The van der Waals surface area contributed by atoms with Crippen LogP contribution in [0.1, 0.15) is 12.8 Å². The van der Waals surface area contributed by atoms with Crippen molar-refractivity contribution in [3.63, 3.8) is 0 Å². The number of hydrogen-bond acceptors (Lipinski definition) is 4. The number of nitrogens with one attached hydrogen (secondary N) is 2. The lowest BCUT2D eigenvalue weighted by atomic mass is 10.1. The average Bonchev–Trinajstić information content (AvgIpc) is 2.38. The summed E-state index contributed by atoms with van der Waals surface area (Å²) in [5, 5.41) is 14.6. The monoisotopic (exact) mass is 268 g/mol. The van der Waals surface area contributed by atoms with Gasteiger partial charge in [-0.15, -0.1) is 0 Å². The van der Waals surface area contributed by atoms with E-state index in [0.717, 1.165) is 12.3 Å². The average molecular weight is 268 g/mol. The Morgan fingerprint density at radius 3 is 3.00 bits per heavy atom. The highest BCUT2D eigenvalue weighted by molar-refractivity contribution is 5.93. The van der Waals surface area contributed by atoms with Crippen LogP contribution >= 0.6 is 0 Å². The smallest absolute Gasteiger partial charge is 0.321 e. The van der Waals surface area contributed by atoms with Crippen molar-refractivity contribution in [2.45, 2.75) is 18.9 Å². The molecule has 1 aliphatic rings. The molecular weight excluding hydrogens is 255 g/mol. The molecule has 3 amide bonds. The molecule has 7 nitrogen and oxygen atoms in total. The number of anilines is 1. The Balaban J connectivity index is 1.90. The summed E-state index contributed by atoms with van der Waals surface area (Å²) in [5.74, 6) is -0.888. The number of hydrogen-bond donors (Lipinski definition) is 3. The number of halogens is 1. The third-order valence-electron chi connectivity index (χ3n) is 2.69. The van der Waals surface area contributed by atoms with E-state index in [4.69, 9.17) is 0 Å². The molecule has 1 atom stereocenters. The summed E-state index contributed by atoms with van der Waals surface area (Å²) in [5.41, 5.74) is 0. The van der Waals surface area contributed by atoms with Crippen LogP contribution in [0.2, 0.25) is 0 Å². The lowest BCUT2D eigenvalue weighted by molar-refractivity contribution is -0.172. The number of amides is 3. The second-order valence-corrected chi connectivity index (χ2v) is 4.12. The number of rotatable bonds is 2. The van der Waals surface area contributed by atoms with Gasteiger partial charge in [-0.3, -0.25) is 15.3 Å². The van der Waals surface area contributed by atoms with Crippen LogP contribution in [0.5, 0.6) is 0 Å². The number of hydroxylamine groups is 2. The zero-order valence-corrected chi connectivity index (χ0v) is 9.97. The maximum absolute atomic E-state index is 12.6. The van der Waals surface area contributed by atoms with E-state index in [2.05, 4.69) is 15.6 Å². The summed E-state index contributed by atoms with van der Waals surface area (Å²) in [4.78, 5) is 26.8. The van der Waals surface area contributed by atoms with Gasteiger partial charge in [0, 0.05) is 6.54 Å². The molecule has 3 N–H and O–H groups in total. The summed E-state index contributed by atoms with van der Waals surface area (Å²) < 4.78 is 12.6. The molecule has 0 aliphatic carbocycles. The molecule has 2 rings (SSSR count). The number of aromatic nitrogens is 1. The highest BCUT2D eigenvalue weighted by Crippen LogP contribution is 2.10. The highest BCUT2D eigenvalue weighted by Gasteiger charge is 2.29. The van der Waals surface area contributed by atoms with Crippen LogP contribution in [-0.2, 0) is 4.79 Å². The van der Waals surface area contributed by atoms with Gasteiger partial charge in [0.05, 0.1) is 6.20 Å². The molecule has 1 aromatic rings. The first kappa shape index (κ1) is 13.2. The van der Waals surface area contributed by atoms with Gasteiger partial charge >= 0.3 is 6.03 Å². The van der Waals surface area contributed by atoms with Gasteiger partial charge in [-0.25, -0.2) is 19.2 Å². The first-order valence-corrected chi connectivity index (χ1v) is 5.75. The SMILES string of the molecule is O=C(Nc1ccc(F)cn1)NC1CCCN(O)C1=O. The zero-order valence-electron chi connectivity index (χ0n) is 9.97. The van der Waals surface area contributed by atoms with Crippen LogP contribution in [0.3, 0.4) is 0 Å². The normalized spacial score (nSPS) is 19.2.